The van der Waals surface area contributed by atoms with Gasteiger partial charge in [-0.15, -0.1) is 0 Å². The van der Waals surface area contributed by atoms with Crippen LogP contribution < -0.4 is 5.32 Å². The van der Waals surface area contributed by atoms with Crippen LogP contribution in [0.2, 0.25) is 0 Å². The van der Waals surface area contributed by atoms with Crippen LogP contribution >= 0.6 is 15.9 Å². The van der Waals surface area contributed by atoms with Crippen LogP contribution in [0.3, 0.4) is 0 Å². The van der Waals surface area contributed by atoms with Crippen molar-refractivity contribution >= 4 is 27.5 Å². The number of nitrogens with one attached hydrogen (secondary N) is 1. The van der Waals surface area contributed by atoms with Crippen molar-refractivity contribution in [2.45, 2.75) is 20.4 Å². The summed E-state index contributed by atoms with van der Waals surface area (Å²) in [5.41, 5.74) is 4.36. The zero-order valence-electron chi connectivity index (χ0n) is 13.2. The average molecular weight is 361 g/mol. The summed E-state index contributed by atoms with van der Waals surface area (Å²) >= 11 is 3.42. The molecule has 2 aromatic carbocycles. The van der Waals surface area contributed by atoms with Crippen molar-refractivity contribution in [2.75, 3.05) is 18.9 Å². The summed E-state index contributed by atoms with van der Waals surface area (Å²) in [5, 5.41) is 2.96. The van der Waals surface area contributed by atoms with Gasteiger partial charge in [0.05, 0.1) is 6.54 Å². The largest absolute Gasteiger partial charge is 0.325 e. The fraction of sp³-hybridized carbons (Fsp3) is 0.278. The summed E-state index contributed by atoms with van der Waals surface area (Å²) < 4.78 is 1.01. The third-order valence-corrected chi connectivity index (χ3v) is 3.90. The number of carbonyl (C=O) groups excluding carboxylic acids is 1. The molecule has 0 saturated carbocycles. The number of rotatable bonds is 5. The van der Waals surface area contributed by atoms with Gasteiger partial charge in [-0.3, -0.25) is 9.69 Å². The van der Waals surface area contributed by atoms with Crippen LogP contribution in [0.25, 0.3) is 0 Å². The van der Waals surface area contributed by atoms with Crippen molar-refractivity contribution in [1.82, 2.24) is 4.90 Å². The molecule has 0 radical (unpaired) electrons. The van der Waals surface area contributed by atoms with Crippen molar-refractivity contribution in [3.8, 4) is 0 Å². The molecule has 0 aliphatic rings. The Bertz CT molecular complexity index is 670. The van der Waals surface area contributed by atoms with Crippen LogP contribution in [0, 0.1) is 13.8 Å². The number of amides is 1. The number of anilines is 1. The minimum absolute atomic E-state index is 0.000533. The maximum atomic E-state index is 12.2. The molecule has 0 aromatic heterocycles. The zero-order chi connectivity index (χ0) is 16.1. The van der Waals surface area contributed by atoms with Gasteiger partial charge in [0.15, 0.2) is 0 Å². The highest BCUT2D eigenvalue weighted by Gasteiger charge is 2.09. The molecule has 0 unspecified atom stereocenters. The van der Waals surface area contributed by atoms with Crippen molar-refractivity contribution in [2.24, 2.45) is 0 Å². The van der Waals surface area contributed by atoms with Crippen LogP contribution in [0.5, 0.6) is 0 Å². The molecule has 0 heterocycles. The number of likely N-dealkylation sites (N-methyl/N-ethyl adjacent to an activating group) is 1. The molecule has 0 atom stereocenters. The van der Waals surface area contributed by atoms with Crippen LogP contribution in [-0.2, 0) is 11.3 Å². The zero-order valence-corrected chi connectivity index (χ0v) is 14.8. The van der Waals surface area contributed by atoms with Gasteiger partial charge in [0.25, 0.3) is 0 Å². The van der Waals surface area contributed by atoms with E-state index in [1.165, 1.54) is 11.1 Å². The first-order valence-corrected chi connectivity index (χ1v) is 8.03. The fourth-order valence-corrected chi connectivity index (χ4v) is 2.86. The molecule has 0 saturated heterocycles. The highest BCUT2D eigenvalue weighted by Crippen LogP contribution is 2.20. The molecule has 0 fully saturated rings. The van der Waals surface area contributed by atoms with E-state index in [1.54, 1.807) is 0 Å². The first kappa shape index (κ1) is 16.7. The van der Waals surface area contributed by atoms with Crippen LogP contribution in [0.15, 0.2) is 46.9 Å². The van der Waals surface area contributed by atoms with Crippen LogP contribution in [0.1, 0.15) is 16.7 Å². The van der Waals surface area contributed by atoms with E-state index in [2.05, 4.69) is 46.4 Å². The Morgan fingerprint density at radius 3 is 2.64 bits per heavy atom. The Labute approximate surface area is 140 Å². The number of halogens is 1. The molecule has 2 aromatic rings. The highest BCUT2D eigenvalue weighted by molar-refractivity contribution is 9.10. The summed E-state index contributed by atoms with van der Waals surface area (Å²) in [6, 6.07) is 14.2. The number of carbonyl (C=O) groups is 1. The molecule has 0 aliphatic heterocycles. The lowest BCUT2D eigenvalue weighted by Crippen LogP contribution is -2.30. The fourth-order valence-electron chi connectivity index (χ4n) is 2.38. The lowest BCUT2D eigenvalue weighted by Gasteiger charge is -2.17. The van der Waals surface area contributed by atoms with Gasteiger partial charge in [-0.1, -0.05) is 45.8 Å². The predicted molar refractivity (Wildman–Crippen MR) is 95.0 cm³/mol. The summed E-state index contributed by atoms with van der Waals surface area (Å²) in [7, 11) is 1.95. The predicted octanol–water partition coefficient (Wildman–Crippen LogP) is 4.14. The lowest BCUT2D eigenvalue weighted by atomic mass is 10.1. The van der Waals surface area contributed by atoms with Gasteiger partial charge < -0.3 is 5.32 Å². The van der Waals surface area contributed by atoms with Crippen molar-refractivity contribution in [1.29, 1.82) is 0 Å². The second-order valence-corrected chi connectivity index (χ2v) is 6.58. The average Bonchev–Trinajstić information content (AvgIpc) is 2.41. The maximum Gasteiger partial charge on any atom is 0.238 e. The molecule has 4 heteroatoms. The number of nitrogens with zero attached hydrogens (tertiary/aromatic N) is 1. The number of aryl methyl sites for hydroxylation is 2. The molecule has 116 valence electrons. The monoisotopic (exact) mass is 360 g/mol. The van der Waals surface area contributed by atoms with Crippen molar-refractivity contribution in [3.63, 3.8) is 0 Å². The molecule has 0 aliphatic carbocycles. The summed E-state index contributed by atoms with van der Waals surface area (Å²) in [6.07, 6.45) is 0. The second-order valence-electron chi connectivity index (χ2n) is 5.67. The summed E-state index contributed by atoms with van der Waals surface area (Å²) in [6.45, 7) is 5.18. The summed E-state index contributed by atoms with van der Waals surface area (Å²) in [5.74, 6) is 0.000533. The molecule has 0 spiro atoms. The van der Waals surface area contributed by atoms with Gasteiger partial charge in [-0.2, -0.15) is 0 Å². The number of benzene rings is 2. The van der Waals surface area contributed by atoms with Gasteiger partial charge in [0, 0.05) is 16.7 Å². The Morgan fingerprint density at radius 2 is 1.95 bits per heavy atom. The van der Waals surface area contributed by atoms with E-state index in [1.807, 2.05) is 43.1 Å². The van der Waals surface area contributed by atoms with E-state index in [-0.39, 0.29) is 5.91 Å². The quantitative estimate of drug-likeness (QED) is 0.868. The molecule has 1 amide bonds. The van der Waals surface area contributed by atoms with Gasteiger partial charge >= 0.3 is 0 Å². The molecule has 1 N–H and O–H groups in total. The smallest absolute Gasteiger partial charge is 0.238 e. The first-order chi connectivity index (χ1) is 10.4. The topological polar surface area (TPSA) is 32.3 Å². The Kier molecular flexibility index (Phi) is 5.75. The normalized spacial score (nSPS) is 10.8. The number of hydrogen-bond acceptors (Lipinski definition) is 2. The van der Waals surface area contributed by atoms with Crippen LogP contribution in [-0.4, -0.2) is 24.4 Å². The van der Waals surface area contributed by atoms with Crippen molar-refractivity contribution < 1.29 is 4.79 Å². The van der Waals surface area contributed by atoms with E-state index in [0.29, 0.717) is 6.54 Å². The number of hydrogen-bond donors (Lipinski definition) is 1. The Morgan fingerprint density at radius 1 is 1.18 bits per heavy atom. The van der Waals surface area contributed by atoms with E-state index in [4.69, 9.17) is 0 Å². The lowest BCUT2D eigenvalue weighted by molar-refractivity contribution is -0.117. The van der Waals surface area contributed by atoms with Gasteiger partial charge in [0.2, 0.25) is 5.91 Å². The maximum absolute atomic E-state index is 12.2. The molecule has 3 nitrogen and oxygen atoms in total. The molecular weight excluding hydrogens is 340 g/mol. The Hall–Kier alpha value is -1.65. The van der Waals surface area contributed by atoms with E-state index >= 15 is 0 Å². The highest BCUT2D eigenvalue weighted by atomic mass is 79.9. The van der Waals surface area contributed by atoms with Gasteiger partial charge in [-0.25, -0.2) is 0 Å². The standard InChI is InChI=1S/C18H21BrN2O/c1-13-5-4-6-15(9-13)11-21(3)12-18(22)20-17-8-7-16(19)10-14(17)2/h4-10H,11-12H2,1-3H3,(H,20,22). The van der Waals surface area contributed by atoms with E-state index in [0.717, 1.165) is 22.3 Å². The van der Waals surface area contributed by atoms with E-state index < -0.39 is 0 Å². The third-order valence-electron chi connectivity index (χ3n) is 3.41. The van der Waals surface area contributed by atoms with Crippen molar-refractivity contribution in [3.05, 3.63) is 63.6 Å². The molecule has 22 heavy (non-hydrogen) atoms. The minimum Gasteiger partial charge on any atom is -0.325 e. The molecule has 0 bridgehead atoms. The summed E-state index contributed by atoms with van der Waals surface area (Å²) in [4.78, 5) is 14.2. The van der Waals surface area contributed by atoms with Crippen LogP contribution in [0.4, 0.5) is 5.69 Å². The SMILES string of the molecule is Cc1cccc(CN(C)CC(=O)Nc2ccc(Br)cc2C)c1. The third kappa shape index (κ3) is 4.97. The minimum atomic E-state index is 0.000533. The molecular formula is C18H21BrN2O. The molecule has 2 rings (SSSR count). The second kappa shape index (κ2) is 7.56. The first-order valence-electron chi connectivity index (χ1n) is 7.24. The Balaban J connectivity index is 1.91. The van der Waals surface area contributed by atoms with Gasteiger partial charge in [-0.05, 0) is 50.2 Å². The van der Waals surface area contributed by atoms with Gasteiger partial charge in [0.1, 0.15) is 0 Å². The van der Waals surface area contributed by atoms with E-state index in [9.17, 15) is 4.79 Å².